The molecular formula is C15H18BrN3O3S. The van der Waals surface area contributed by atoms with E-state index < -0.39 is 0 Å². The van der Waals surface area contributed by atoms with Gasteiger partial charge in [0.1, 0.15) is 5.01 Å². The van der Waals surface area contributed by atoms with Crippen molar-refractivity contribution in [1.82, 2.24) is 10.2 Å². The molecule has 1 amide bonds. The van der Waals surface area contributed by atoms with Gasteiger partial charge in [-0.15, -0.1) is 10.2 Å². The second-order valence-electron chi connectivity index (χ2n) is 4.70. The lowest BCUT2D eigenvalue weighted by atomic mass is 10.1. The van der Waals surface area contributed by atoms with Crippen LogP contribution < -0.4 is 14.8 Å². The predicted octanol–water partition coefficient (Wildman–Crippen LogP) is 3.45. The van der Waals surface area contributed by atoms with Gasteiger partial charge in [-0.2, -0.15) is 0 Å². The van der Waals surface area contributed by atoms with Crippen LogP contribution in [0.2, 0.25) is 0 Å². The summed E-state index contributed by atoms with van der Waals surface area (Å²) in [5.74, 6) is 1.20. The van der Waals surface area contributed by atoms with Crippen molar-refractivity contribution in [3.63, 3.8) is 0 Å². The number of amides is 1. The number of rotatable bonds is 7. The largest absolute Gasteiger partial charge is 0.493 e. The van der Waals surface area contributed by atoms with Gasteiger partial charge in [-0.05, 0) is 30.5 Å². The lowest BCUT2D eigenvalue weighted by molar-refractivity contribution is -0.116. The minimum atomic E-state index is -0.0921. The fourth-order valence-corrected chi connectivity index (χ4v) is 3.18. The molecule has 0 atom stereocenters. The molecule has 0 saturated carbocycles. The number of carbonyl (C=O) groups excluding carboxylic acids is 1. The van der Waals surface area contributed by atoms with Crippen LogP contribution in [0.25, 0.3) is 0 Å². The predicted molar refractivity (Wildman–Crippen MR) is 93.5 cm³/mol. The summed E-state index contributed by atoms with van der Waals surface area (Å²) in [6.45, 7) is 2.00. The van der Waals surface area contributed by atoms with Crippen LogP contribution in [-0.2, 0) is 17.6 Å². The van der Waals surface area contributed by atoms with Gasteiger partial charge in [-0.1, -0.05) is 34.2 Å². The summed E-state index contributed by atoms with van der Waals surface area (Å²) in [4.78, 5) is 12.0. The molecule has 0 radical (unpaired) electrons. The Kier molecular flexibility index (Phi) is 6.35. The lowest BCUT2D eigenvalue weighted by Gasteiger charge is -2.11. The normalized spacial score (nSPS) is 10.4. The van der Waals surface area contributed by atoms with Crippen molar-refractivity contribution in [2.75, 3.05) is 19.5 Å². The number of benzene rings is 1. The van der Waals surface area contributed by atoms with E-state index in [0.29, 0.717) is 29.5 Å². The van der Waals surface area contributed by atoms with Gasteiger partial charge in [0.15, 0.2) is 11.5 Å². The Bertz CT molecular complexity index is 691. The maximum absolute atomic E-state index is 12.0. The van der Waals surface area contributed by atoms with Crippen molar-refractivity contribution >= 4 is 38.3 Å². The second-order valence-corrected chi connectivity index (χ2v) is 6.62. The number of hydrogen-bond acceptors (Lipinski definition) is 6. The van der Waals surface area contributed by atoms with E-state index in [1.807, 2.05) is 19.1 Å². The van der Waals surface area contributed by atoms with Crippen molar-refractivity contribution in [3.05, 3.63) is 27.2 Å². The summed E-state index contributed by atoms with van der Waals surface area (Å²) in [5.41, 5.74) is 0.976. The Labute approximate surface area is 147 Å². The molecule has 6 nitrogen and oxygen atoms in total. The van der Waals surface area contributed by atoms with E-state index >= 15 is 0 Å². The molecule has 0 aliphatic carbocycles. The Morgan fingerprint density at radius 3 is 2.57 bits per heavy atom. The average Bonchev–Trinajstić information content (AvgIpc) is 3.00. The van der Waals surface area contributed by atoms with Gasteiger partial charge in [-0.3, -0.25) is 4.79 Å². The molecule has 1 heterocycles. The molecule has 0 spiro atoms. The molecule has 1 aromatic heterocycles. The smallest absolute Gasteiger partial charge is 0.226 e. The van der Waals surface area contributed by atoms with E-state index in [1.165, 1.54) is 11.3 Å². The number of halogens is 1. The zero-order valence-electron chi connectivity index (χ0n) is 13.2. The summed E-state index contributed by atoms with van der Waals surface area (Å²) in [5, 5.41) is 12.1. The highest BCUT2D eigenvalue weighted by atomic mass is 79.9. The summed E-state index contributed by atoms with van der Waals surface area (Å²) in [6.07, 6.45) is 1.73. The highest BCUT2D eigenvalue weighted by molar-refractivity contribution is 9.10. The summed E-state index contributed by atoms with van der Waals surface area (Å²) < 4.78 is 11.4. The number of nitrogens with one attached hydrogen (secondary N) is 1. The van der Waals surface area contributed by atoms with Crippen LogP contribution in [0, 0.1) is 0 Å². The molecule has 1 aromatic carbocycles. The number of carbonyl (C=O) groups is 1. The highest BCUT2D eigenvalue weighted by Gasteiger charge is 2.12. The summed E-state index contributed by atoms with van der Waals surface area (Å²) in [6, 6.07) is 3.71. The van der Waals surface area contributed by atoms with Crippen LogP contribution in [-0.4, -0.2) is 30.3 Å². The number of hydrogen-bond donors (Lipinski definition) is 1. The molecule has 2 aromatic rings. The number of nitrogens with zero attached hydrogens (tertiary/aromatic N) is 2. The standard InChI is InChI=1S/C15H18BrN3O3S/c1-4-14-18-19-15(23-14)17-13(20)6-5-9-7-11(21-2)12(22-3)8-10(9)16/h7-8H,4-6H2,1-3H3,(H,17,19,20). The summed E-state index contributed by atoms with van der Waals surface area (Å²) in [7, 11) is 3.17. The number of methoxy groups -OCH3 is 2. The van der Waals surface area contributed by atoms with Crippen molar-refractivity contribution in [1.29, 1.82) is 0 Å². The van der Waals surface area contributed by atoms with Crippen molar-refractivity contribution in [2.45, 2.75) is 26.2 Å². The van der Waals surface area contributed by atoms with E-state index in [9.17, 15) is 4.79 Å². The Morgan fingerprint density at radius 1 is 1.26 bits per heavy atom. The first-order valence-corrected chi connectivity index (χ1v) is 8.71. The number of ether oxygens (including phenoxy) is 2. The molecule has 1 N–H and O–H groups in total. The Morgan fingerprint density at radius 2 is 1.96 bits per heavy atom. The van der Waals surface area contributed by atoms with Gasteiger partial charge in [0.25, 0.3) is 0 Å². The van der Waals surface area contributed by atoms with E-state index in [-0.39, 0.29) is 5.91 Å². The van der Waals surface area contributed by atoms with Gasteiger partial charge >= 0.3 is 0 Å². The Hall–Kier alpha value is -1.67. The van der Waals surface area contributed by atoms with Gasteiger partial charge in [0.2, 0.25) is 11.0 Å². The zero-order chi connectivity index (χ0) is 16.8. The SMILES string of the molecule is CCc1nnc(NC(=O)CCc2cc(OC)c(OC)cc2Br)s1. The number of anilines is 1. The third-order valence-corrected chi connectivity index (χ3v) is 4.91. The molecule has 2 rings (SSSR count). The quantitative estimate of drug-likeness (QED) is 0.771. The molecule has 23 heavy (non-hydrogen) atoms. The summed E-state index contributed by atoms with van der Waals surface area (Å²) >= 11 is 4.89. The fourth-order valence-electron chi connectivity index (χ4n) is 1.96. The molecular weight excluding hydrogens is 382 g/mol. The molecule has 8 heteroatoms. The van der Waals surface area contributed by atoms with Crippen LogP contribution in [0.5, 0.6) is 11.5 Å². The zero-order valence-corrected chi connectivity index (χ0v) is 15.6. The van der Waals surface area contributed by atoms with Crippen LogP contribution in [0.4, 0.5) is 5.13 Å². The monoisotopic (exact) mass is 399 g/mol. The van der Waals surface area contributed by atoms with Crippen LogP contribution in [0.3, 0.4) is 0 Å². The molecule has 0 saturated heterocycles. The maximum atomic E-state index is 12.0. The van der Waals surface area contributed by atoms with Gasteiger partial charge in [-0.25, -0.2) is 0 Å². The Balaban J connectivity index is 1.98. The third-order valence-electron chi connectivity index (χ3n) is 3.19. The minimum Gasteiger partial charge on any atom is -0.493 e. The number of aromatic nitrogens is 2. The maximum Gasteiger partial charge on any atom is 0.226 e. The lowest BCUT2D eigenvalue weighted by Crippen LogP contribution is -2.12. The van der Waals surface area contributed by atoms with E-state index in [4.69, 9.17) is 9.47 Å². The molecule has 0 unspecified atom stereocenters. The fraction of sp³-hybridized carbons (Fsp3) is 0.400. The average molecular weight is 400 g/mol. The molecule has 0 aliphatic heterocycles. The third kappa shape index (κ3) is 4.65. The van der Waals surface area contributed by atoms with Crippen LogP contribution in [0.1, 0.15) is 23.9 Å². The molecule has 0 fully saturated rings. The molecule has 0 bridgehead atoms. The van der Waals surface area contributed by atoms with Crippen molar-refractivity contribution in [2.24, 2.45) is 0 Å². The highest BCUT2D eigenvalue weighted by Crippen LogP contribution is 2.33. The topological polar surface area (TPSA) is 73.3 Å². The van der Waals surface area contributed by atoms with Gasteiger partial charge in [0.05, 0.1) is 14.2 Å². The van der Waals surface area contributed by atoms with E-state index in [0.717, 1.165) is 21.5 Å². The number of aryl methyl sites for hydroxylation is 2. The van der Waals surface area contributed by atoms with Crippen molar-refractivity contribution < 1.29 is 14.3 Å². The minimum absolute atomic E-state index is 0.0921. The first-order chi connectivity index (χ1) is 11.1. The van der Waals surface area contributed by atoms with Crippen molar-refractivity contribution in [3.8, 4) is 11.5 Å². The molecule has 124 valence electrons. The molecule has 0 aliphatic rings. The van der Waals surface area contributed by atoms with Crippen LogP contribution >= 0.6 is 27.3 Å². The van der Waals surface area contributed by atoms with Gasteiger partial charge < -0.3 is 14.8 Å². The first-order valence-electron chi connectivity index (χ1n) is 7.10. The first kappa shape index (κ1) is 17.7. The second kappa shape index (κ2) is 8.26. The van der Waals surface area contributed by atoms with Gasteiger partial charge in [0, 0.05) is 10.9 Å². The van der Waals surface area contributed by atoms with E-state index in [1.54, 1.807) is 14.2 Å². The van der Waals surface area contributed by atoms with Crippen LogP contribution in [0.15, 0.2) is 16.6 Å². The van der Waals surface area contributed by atoms with E-state index in [2.05, 4.69) is 31.4 Å².